The highest BCUT2D eigenvalue weighted by atomic mass is 16.5. The van der Waals surface area contributed by atoms with Gasteiger partial charge in [0, 0.05) is 12.6 Å². The maximum absolute atomic E-state index is 5.62. The zero-order valence-corrected chi connectivity index (χ0v) is 11.9. The molecule has 18 heavy (non-hydrogen) atoms. The third-order valence-corrected chi connectivity index (χ3v) is 3.16. The maximum Gasteiger partial charge on any atom is 0.225 e. The predicted octanol–water partition coefficient (Wildman–Crippen LogP) is 2.41. The summed E-state index contributed by atoms with van der Waals surface area (Å²) in [6.07, 6.45) is 0. The number of hydrogen-bond donors (Lipinski definition) is 2. The Morgan fingerprint density at radius 1 is 1.22 bits per heavy atom. The van der Waals surface area contributed by atoms with Gasteiger partial charge in [-0.25, -0.2) is 0 Å². The lowest BCUT2D eigenvalue weighted by atomic mass is 9.85. The Hall–Kier alpha value is -1.52. The van der Waals surface area contributed by atoms with E-state index >= 15 is 0 Å². The summed E-state index contributed by atoms with van der Waals surface area (Å²) in [4.78, 5) is 8.10. The minimum atomic E-state index is 0.225. The van der Waals surface area contributed by atoms with Gasteiger partial charge in [-0.05, 0) is 17.8 Å². The second-order valence-corrected chi connectivity index (χ2v) is 5.19. The molecule has 0 spiro atoms. The van der Waals surface area contributed by atoms with Gasteiger partial charge in [-0.15, -0.1) is 0 Å². The molecule has 0 radical (unpaired) electrons. The maximum atomic E-state index is 5.62. The first-order valence-corrected chi connectivity index (χ1v) is 6.36. The molecule has 0 saturated carbocycles. The van der Waals surface area contributed by atoms with Gasteiger partial charge in [-0.1, -0.05) is 27.7 Å². The number of ether oxygens (including phenoxy) is 1. The number of nitrogens with zero attached hydrogens (tertiary/aromatic N) is 2. The monoisotopic (exact) mass is 252 g/mol. The van der Waals surface area contributed by atoms with Crippen LogP contribution in [0.1, 0.15) is 27.7 Å². The van der Waals surface area contributed by atoms with E-state index in [4.69, 9.17) is 10.5 Å². The molecule has 1 rings (SSSR count). The Morgan fingerprint density at radius 3 is 2.33 bits per heavy atom. The molecule has 0 unspecified atom stereocenters. The van der Waals surface area contributed by atoms with Crippen molar-refractivity contribution in [1.29, 1.82) is 0 Å². The molecule has 0 atom stereocenters. The van der Waals surface area contributed by atoms with Crippen molar-refractivity contribution in [3.63, 3.8) is 0 Å². The van der Waals surface area contributed by atoms with Crippen molar-refractivity contribution in [3.8, 4) is 5.88 Å². The van der Waals surface area contributed by atoms with E-state index < -0.39 is 0 Å². The average Bonchev–Trinajstić information content (AvgIpc) is 2.27. The number of nitrogens with one attached hydrogen (secondary N) is 1. The van der Waals surface area contributed by atoms with Gasteiger partial charge in [0.05, 0.1) is 7.11 Å². The Kier molecular flexibility index (Phi) is 5.19. The van der Waals surface area contributed by atoms with Crippen molar-refractivity contribution >= 4 is 11.8 Å². The van der Waals surface area contributed by atoms with Crippen molar-refractivity contribution in [2.75, 3.05) is 24.7 Å². The van der Waals surface area contributed by atoms with E-state index in [-0.39, 0.29) is 5.95 Å². The molecule has 0 aromatic carbocycles. The minimum absolute atomic E-state index is 0.225. The normalized spacial score (nSPS) is 11.3. The second kappa shape index (κ2) is 6.42. The third-order valence-electron chi connectivity index (χ3n) is 3.16. The standard InChI is InChI=1S/C13H24N4O/c1-8(2)10(9(3)4)7-15-11-6-12(18-5)17-13(14)16-11/h6,8-10H,7H2,1-5H3,(H3,14,15,16,17). The van der Waals surface area contributed by atoms with Gasteiger partial charge in [0.1, 0.15) is 5.82 Å². The molecule has 1 aromatic rings. The predicted molar refractivity (Wildman–Crippen MR) is 74.7 cm³/mol. The summed E-state index contributed by atoms with van der Waals surface area (Å²) in [5.41, 5.74) is 5.62. The zero-order chi connectivity index (χ0) is 13.7. The van der Waals surface area contributed by atoms with Crippen LogP contribution in [-0.2, 0) is 0 Å². The van der Waals surface area contributed by atoms with Crippen molar-refractivity contribution in [3.05, 3.63) is 6.07 Å². The molecule has 0 aliphatic carbocycles. The van der Waals surface area contributed by atoms with Gasteiger partial charge in [-0.3, -0.25) is 0 Å². The Morgan fingerprint density at radius 2 is 1.83 bits per heavy atom. The highest BCUT2D eigenvalue weighted by molar-refractivity contribution is 5.42. The largest absolute Gasteiger partial charge is 0.481 e. The lowest BCUT2D eigenvalue weighted by Gasteiger charge is -2.25. The van der Waals surface area contributed by atoms with E-state index in [1.807, 2.05) is 0 Å². The number of methoxy groups -OCH3 is 1. The summed E-state index contributed by atoms with van der Waals surface area (Å²) in [6.45, 7) is 9.82. The van der Waals surface area contributed by atoms with E-state index in [2.05, 4.69) is 43.0 Å². The first kappa shape index (κ1) is 14.5. The van der Waals surface area contributed by atoms with Crippen LogP contribution >= 0.6 is 0 Å². The molecule has 5 nitrogen and oxygen atoms in total. The first-order valence-electron chi connectivity index (χ1n) is 6.36. The highest BCUT2D eigenvalue weighted by Crippen LogP contribution is 2.22. The van der Waals surface area contributed by atoms with E-state index in [1.54, 1.807) is 13.2 Å². The van der Waals surface area contributed by atoms with Crippen molar-refractivity contribution < 1.29 is 4.74 Å². The van der Waals surface area contributed by atoms with Gasteiger partial charge in [0.15, 0.2) is 0 Å². The molecule has 0 saturated heterocycles. The summed E-state index contributed by atoms with van der Waals surface area (Å²) in [5, 5.41) is 3.31. The van der Waals surface area contributed by atoms with Crippen LogP contribution in [0.4, 0.5) is 11.8 Å². The van der Waals surface area contributed by atoms with Gasteiger partial charge in [-0.2, -0.15) is 9.97 Å². The average molecular weight is 252 g/mol. The molecule has 0 amide bonds. The third kappa shape index (κ3) is 4.05. The van der Waals surface area contributed by atoms with E-state index in [9.17, 15) is 0 Å². The summed E-state index contributed by atoms with van der Waals surface area (Å²) in [7, 11) is 1.57. The summed E-state index contributed by atoms with van der Waals surface area (Å²) in [6, 6.07) is 1.76. The van der Waals surface area contributed by atoms with Crippen LogP contribution in [0.2, 0.25) is 0 Å². The quantitative estimate of drug-likeness (QED) is 0.813. The molecular formula is C13H24N4O. The Balaban J connectivity index is 2.70. The highest BCUT2D eigenvalue weighted by Gasteiger charge is 2.17. The SMILES string of the molecule is COc1cc(NCC(C(C)C)C(C)C)nc(N)n1. The number of aromatic nitrogens is 2. The molecular weight excluding hydrogens is 228 g/mol. The molecule has 0 aliphatic rings. The van der Waals surface area contributed by atoms with Crippen LogP contribution in [0.5, 0.6) is 5.88 Å². The lowest BCUT2D eigenvalue weighted by molar-refractivity contribution is 0.304. The van der Waals surface area contributed by atoms with Crippen molar-refractivity contribution in [2.45, 2.75) is 27.7 Å². The molecule has 102 valence electrons. The number of hydrogen-bond acceptors (Lipinski definition) is 5. The van der Waals surface area contributed by atoms with E-state index in [1.165, 1.54) is 0 Å². The van der Waals surface area contributed by atoms with Gasteiger partial charge < -0.3 is 15.8 Å². The summed E-state index contributed by atoms with van der Waals surface area (Å²) in [5.74, 6) is 3.26. The fraction of sp³-hybridized carbons (Fsp3) is 0.692. The number of nitrogen functional groups attached to an aromatic ring is 1. The van der Waals surface area contributed by atoms with Crippen molar-refractivity contribution in [2.24, 2.45) is 17.8 Å². The zero-order valence-electron chi connectivity index (χ0n) is 11.9. The summed E-state index contributed by atoms with van der Waals surface area (Å²) < 4.78 is 5.07. The topological polar surface area (TPSA) is 73.1 Å². The molecule has 1 aromatic heterocycles. The second-order valence-electron chi connectivity index (χ2n) is 5.19. The van der Waals surface area contributed by atoms with Crippen LogP contribution in [0, 0.1) is 17.8 Å². The Labute approximate surface area is 109 Å². The lowest BCUT2D eigenvalue weighted by Crippen LogP contribution is -2.25. The molecule has 3 N–H and O–H groups in total. The number of nitrogens with two attached hydrogens (primary N) is 1. The molecule has 0 fully saturated rings. The minimum Gasteiger partial charge on any atom is -0.481 e. The fourth-order valence-corrected chi connectivity index (χ4v) is 2.10. The molecule has 0 bridgehead atoms. The van der Waals surface area contributed by atoms with Crippen LogP contribution < -0.4 is 15.8 Å². The summed E-state index contributed by atoms with van der Waals surface area (Å²) >= 11 is 0. The molecule has 5 heteroatoms. The van der Waals surface area contributed by atoms with E-state index in [0.717, 1.165) is 6.54 Å². The van der Waals surface area contributed by atoms with Gasteiger partial charge >= 0.3 is 0 Å². The van der Waals surface area contributed by atoms with Crippen LogP contribution in [0.25, 0.3) is 0 Å². The Bertz CT molecular complexity index is 371. The molecule has 0 aliphatic heterocycles. The smallest absolute Gasteiger partial charge is 0.225 e. The first-order chi connectivity index (χ1) is 8.43. The molecule has 1 heterocycles. The van der Waals surface area contributed by atoms with Crippen molar-refractivity contribution in [1.82, 2.24) is 9.97 Å². The van der Waals surface area contributed by atoms with E-state index in [0.29, 0.717) is 29.5 Å². The fourth-order valence-electron chi connectivity index (χ4n) is 2.10. The van der Waals surface area contributed by atoms with Gasteiger partial charge in [0.2, 0.25) is 11.8 Å². The number of anilines is 2. The van der Waals surface area contributed by atoms with Crippen LogP contribution in [-0.4, -0.2) is 23.6 Å². The number of rotatable bonds is 6. The van der Waals surface area contributed by atoms with Crippen LogP contribution in [0.15, 0.2) is 6.07 Å². The van der Waals surface area contributed by atoms with Gasteiger partial charge in [0.25, 0.3) is 0 Å². The van der Waals surface area contributed by atoms with Crippen LogP contribution in [0.3, 0.4) is 0 Å².